The Labute approximate surface area is 154 Å². The van der Waals surface area contributed by atoms with Crippen molar-refractivity contribution in [1.82, 2.24) is 0 Å². The summed E-state index contributed by atoms with van der Waals surface area (Å²) in [4.78, 5) is 20.3. The van der Waals surface area contributed by atoms with E-state index in [1.807, 2.05) is 22.6 Å². The van der Waals surface area contributed by atoms with Crippen LogP contribution in [-0.2, 0) is 0 Å². The number of anilines is 1. The lowest BCUT2D eigenvalue weighted by Crippen LogP contribution is -1.99. The molecule has 0 aliphatic carbocycles. The monoisotopic (exact) mass is 458 g/mol. The number of phenolic OH excluding ortho intramolecular Hbond substituents is 1. The number of hydrazone groups is 1. The highest BCUT2D eigenvalue weighted by Crippen LogP contribution is 2.32. The van der Waals surface area contributed by atoms with E-state index >= 15 is 0 Å². The van der Waals surface area contributed by atoms with Gasteiger partial charge in [-0.3, -0.25) is 25.7 Å². The molecule has 0 aromatic heterocycles. The van der Waals surface area contributed by atoms with Crippen molar-refractivity contribution in [1.29, 1.82) is 0 Å². The lowest BCUT2D eigenvalue weighted by atomic mass is 10.2. The summed E-state index contributed by atoms with van der Waals surface area (Å²) in [6.45, 7) is 0. The molecule has 0 spiro atoms. The molecule has 2 rings (SSSR count). The largest absolute Gasteiger partial charge is 0.504 e. The van der Waals surface area contributed by atoms with Crippen LogP contribution in [0.15, 0.2) is 35.4 Å². The fourth-order valence-corrected chi connectivity index (χ4v) is 2.50. The van der Waals surface area contributed by atoms with Gasteiger partial charge in [-0.2, -0.15) is 5.10 Å². The minimum atomic E-state index is -0.739. The summed E-state index contributed by atoms with van der Waals surface area (Å²) in [5.74, 6) is 0.258. The van der Waals surface area contributed by atoms with Gasteiger partial charge in [-0.05, 0) is 46.4 Å². The van der Waals surface area contributed by atoms with Gasteiger partial charge >= 0.3 is 5.69 Å². The Morgan fingerprint density at radius 1 is 1.24 bits per heavy atom. The van der Waals surface area contributed by atoms with Gasteiger partial charge in [0, 0.05) is 6.07 Å². The van der Waals surface area contributed by atoms with Crippen molar-refractivity contribution >= 4 is 45.9 Å². The Bertz CT molecular complexity index is 871. The highest BCUT2D eigenvalue weighted by Gasteiger charge is 2.19. The number of benzene rings is 2. The minimum Gasteiger partial charge on any atom is -0.504 e. The van der Waals surface area contributed by atoms with E-state index < -0.39 is 15.5 Å². The standard InChI is InChI=1S/C14H11IN4O6/c1-25-13-5-8(4-10(15)14(13)20)7-16-17-11-3-2-9(18(21)22)6-12(11)19(23)24/h2-7,17,20H,1H3/b16-7+. The Hall–Kier alpha value is -2.96. The molecule has 0 amide bonds. The maximum atomic E-state index is 11.0. The second-order valence-corrected chi connectivity index (χ2v) is 5.80. The van der Waals surface area contributed by atoms with E-state index in [9.17, 15) is 25.3 Å². The van der Waals surface area contributed by atoms with Crippen molar-refractivity contribution < 1.29 is 19.7 Å². The maximum absolute atomic E-state index is 11.0. The van der Waals surface area contributed by atoms with Crippen LogP contribution in [0.25, 0.3) is 0 Å². The van der Waals surface area contributed by atoms with E-state index in [-0.39, 0.29) is 22.9 Å². The van der Waals surface area contributed by atoms with Crippen LogP contribution in [0.3, 0.4) is 0 Å². The molecular formula is C14H11IN4O6. The number of nitro benzene ring substituents is 2. The fraction of sp³-hybridized carbons (Fsp3) is 0.0714. The average Bonchev–Trinajstić information content (AvgIpc) is 2.57. The van der Waals surface area contributed by atoms with Gasteiger partial charge in [-0.25, -0.2) is 0 Å². The van der Waals surface area contributed by atoms with Crippen LogP contribution in [-0.4, -0.2) is 28.3 Å². The highest BCUT2D eigenvalue weighted by molar-refractivity contribution is 14.1. The second-order valence-electron chi connectivity index (χ2n) is 4.64. The lowest BCUT2D eigenvalue weighted by Gasteiger charge is -2.06. The predicted octanol–water partition coefficient (Wildman–Crippen LogP) is 3.27. The first-order valence-corrected chi connectivity index (χ1v) is 7.69. The van der Waals surface area contributed by atoms with Crippen LogP contribution >= 0.6 is 22.6 Å². The molecular weight excluding hydrogens is 447 g/mol. The molecule has 0 fully saturated rings. The zero-order valence-corrected chi connectivity index (χ0v) is 14.8. The Morgan fingerprint density at radius 3 is 2.56 bits per heavy atom. The fourth-order valence-electron chi connectivity index (χ4n) is 1.88. The first-order chi connectivity index (χ1) is 11.8. The number of nitro groups is 2. The summed E-state index contributed by atoms with van der Waals surface area (Å²) >= 11 is 1.92. The van der Waals surface area contributed by atoms with Gasteiger partial charge in [-0.1, -0.05) is 0 Å². The van der Waals surface area contributed by atoms with Crippen LogP contribution < -0.4 is 10.2 Å². The second kappa shape index (κ2) is 7.74. The molecule has 0 heterocycles. The Morgan fingerprint density at radius 2 is 1.96 bits per heavy atom. The van der Waals surface area contributed by atoms with E-state index in [1.165, 1.54) is 25.5 Å². The summed E-state index contributed by atoms with van der Waals surface area (Å²) in [6.07, 6.45) is 1.37. The molecule has 0 radical (unpaired) electrons. The van der Waals surface area contributed by atoms with Gasteiger partial charge in [0.25, 0.3) is 5.69 Å². The third-order valence-electron chi connectivity index (χ3n) is 3.06. The number of phenols is 1. The molecule has 2 N–H and O–H groups in total. The Balaban J connectivity index is 2.26. The first kappa shape index (κ1) is 18.4. The average molecular weight is 458 g/mol. The molecule has 11 heteroatoms. The molecule has 25 heavy (non-hydrogen) atoms. The molecule has 130 valence electrons. The minimum absolute atomic E-state index is 0.000726. The molecule has 0 aliphatic rings. The van der Waals surface area contributed by atoms with Crippen LogP contribution in [0.2, 0.25) is 0 Å². The number of rotatable bonds is 6. The molecule has 0 bridgehead atoms. The van der Waals surface area contributed by atoms with Crippen molar-refractivity contribution in [3.8, 4) is 11.5 Å². The molecule has 0 aliphatic heterocycles. The van der Waals surface area contributed by atoms with Crippen molar-refractivity contribution in [2.45, 2.75) is 0 Å². The van der Waals surface area contributed by atoms with E-state index in [4.69, 9.17) is 4.74 Å². The van der Waals surface area contributed by atoms with Crippen molar-refractivity contribution in [2.24, 2.45) is 5.10 Å². The SMILES string of the molecule is COc1cc(/C=N/Nc2ccc([N+](=O)[O-])cc2[N+](=O)[O-])cc(I)c1O. The molecule has 0 saturated heterocycles. The number of halogens is 1. The first-order valence-electron chi connectivity index (χ1n) is 6.62. The van der Waals surface area contributed by atoms with Gasteiger partial charge in [-0.15, -0.1) is 0 Å². The van der Waals surface area contributed by atoms with Crippen molar-refractivity contribution in [3.05, 3.63) is 59.7 Å². The van der Waals surface area contributed by atoms with Crippen molar-refractivity contribution in [2.75, 3.05) is 12.5 Å². The number of aromatic hydroxyl groups is 1. The van der Waals surface area contributed by atoms with E-state index in [1.54, 1.807) is 6.07 Å². The van der Waals surface area contributed by atoms with Gasteiger partial charge in [0.15, 0.2) is 11.5 Å². The molecule has 0 atom stereocenters. The number of methoxy groups -OCH3 is 1. The Kier molecular flexibility index (Phi) is 5.69. The highest BCUT2D eigenvalue weighted by atomic mass is 127. The zero-order chi connectivity index (χ0) is 18.6. The summed E-state index contributed by atoms with van der Waals surface area (Å²) in [7, 11) is 1.41. The number of hydrogen-bond acceptors (Lipinski definition) is 8. The number of nitrogens with zero attached hydrogens (tertiary/aromatic N) is 3. The van der Waals surface area contributed by atoms with Crippen LogP contribution in [0.4, 0.5) is 17.1 Å². The number of ether oxygens (including phenoxy) is 1. The molecule has 2 aromatic carbocycles. The molecule has 0 saturated carbocycles. The molecule has 10 nitrogen and oxygen atoms in total. The number of hydrogen-bond donors (Lipinski definition) is 2. The third-order valence-corrected chi connectivity index (χ3v) is 3.88. The van der Waals surface area contributed by atoms with E-state index in [2.05, 4.69) is 10.5 Å². The maximum Gasteiger partial charge on any atom is 0.301 e. The lowest BCUT2D eigenvalue weighted by molar-refractivity contribution is -0.393. The van der Waals surface area contributed by atoms with E-state index in [0.717, 1.165) is 12.1 Å². The van der Waals surface area contributed by atoms with E-state index in [0.29, 0.717) is 9.13 Å². The zero-order valence-electron chi connectivity index (χ0n) is 12.7. The summed E-state index contributed by atoms with van der Waals surface area (Å²) in [5, 5.41) is 35.4. The van der Waals surface area contributed by atoms with Gasteiger partial charge in [0.1, 0.15) is 5.69 Å². The quantitative estimate of drug-likeness (QED) is 0.293. The van der Waals surface area contributed by atoms with Gasteiger partial charge < -0.3 is 9.84 Å². The smallest absolute Gasteiger partial charge is 0.301 e. The summed E-state index contributed by atoms with van der Waals surface area (Å²) in [5.41, 5.74) is 2.21. The normalized spacial score (nSPS) is 10.6. The van der Waals surface area contributed by atoms with Crippen LogP contribution in [0.5, 0.6) is 11.5 Å². The number of non-ortho nitro benzene ring substituents is 1. The van der Waals surface area contributed by atoms with Crippen LogP contribution in [0.1, 0.15) is 5.56 Å². The summed E-state index contributed by atoms with van der Waals surface area (Å²) < 4.78 is 5.57. The molecule has 0 unspecified atom stereocenters. The summed E-state index contributed by atoms with van der Waals surface area (Å²) in [6, 6.07) is 6.36. The van der Waals surface area contributed by atoms with Crippen molar-refractivity contribution in [3.63, 3.8) is 0 Å². The predicted molar refractivity (Wildman–Crippen MR) is 98.3 cm³/mol. The van der Waals surface area contributed by atoms with Crippen LogP contribution in [0, 0.1) is 23.8 Å². The topological polar surface area (TPSA) is 140 Å². The van der Waals surface area contributed by atoms with Gasteiger partial charge in [0.05, 0.1) is 32.8 Å². The van der Waals surface area contributed by atoms with Gasteiger partial charge in [0.2, 0.25) is 0 Å². The third kappa shape index (κ3) is 4.32. The number of nitrogens with one attached hydrogen (secondary N) is 1. The molecule has 2 aromatic rings.